The third-order valence-corrected chi connectivity index (χ3v) is 4.76. The van der Waals surface area contributed by atoms with E-state index in [0.29, 0.717) is 14.7 Å². The fraction of sp³-hybridized carbons (Fsp3) is 0.667. The molecule has 2 atom stereocenters. The average molecular weight is 278 g/mol. The first-order valence-corrected chi connectivity index (χ1v) is 7.50. The fourth-order valence-electron chi connectivity index (χ4n) is 1.83. The Kier molecular flexibility index (Phi) is 4.05. The lowest BCUT2D eigenvalue weighted by Gasteiger charge is -2.10. The number of hydrogen-bond acceptors (Lipinski definition) is 5. The Bertz CT molecular complexity index is 385. The molecule has 1 aliphatic rings. The van der Waals surface area contributed by atoms with Crippen LogP contribution in [0.25, 0.3) is 0 Å². The maximum Gasteiger partial charge on any atom is 0.282 e. The monoisotopic (exact) mass is 277 g/mol. The molecule has 1 N–H and O–H groups in total. The van der Waals surface area contributed by atoms with Crippen molar-refractivity contribution in [3.63, 3.8) is 0 Å². The second-order valence-corrected chi connectivity index (χ2v) is 6.40. The van der Waals surface area contributed by atoms with Gasteiger partial charge in [-0.25, -0.2) is 0 Å². The predicted octanol–water partition coefficient (Wildman–Crippen LogP) is 2.21. The van der Waals surface area contributed by atoms with Crippen molar-refractivity contribution in [2.24, 2.45) is 0 Å². The summed E-state index contributed by atoms with van der Waals surface area (Å²) in [5.74, 6) is -0.156. The summed E-state index contributed by atoms with van der Waals surface area (Å²) >= 11 is 8.61. The molecule has 0 spiro atoms. The Hall–Kier alpha value is -0.330. The van der Waals surface area contributed by atoms with Crippen LogP contribution in [0.15, 0.2) is 0 Å². The lowest BCUT2D eigenvalue weighted by molar-refractivity contribution is 0.0937. The van der Waals surface area contributed by atoms with Crippen molar-refractivity contribution in [2.75, 3.05) is 6.26 Å². The van der Waals surface area contributed by atoms with E-state index in [9.17, 15) is 4.79 Å². The van der Waals surface area contributed by atoms with Gasteiger partial charge in [0.25, 0.3) is 5.91 Å². The summed E-state index contributed by atoms with van der Waals surface area (Å²) in [7, 11) is 0. The number of halogens is 1. The number of rotatable bonds is 3. The lowest BCUT2D eigenvalue weighted by Crippen LogP contribution is -2.33. The highest BCUT2D eigenvalue weighted by molar-refractivity contribution is 7.99. The maximum absolute atomic E-state index is 11.7. The van der Waals surface area contributed by atoms with E-state index in [1.54, 1.807) is 0 Å². The van der Waals surface area contributed by atoms with Crippen LogP contribution in [0.2, 0.25) is 4.47 Å². The third-order valence-electron chi connectivity index (χ3n) is 2.65. The van der Waals surface area contributed by atoms with Gasteiger partial charge in [0.2, 0.25) is 9.47 Å². The molecule has 0 bridgehead atoms. The van der Waals surface area contributed by atoms with E-state index in [2.05, 4.69) is 21.8 Å². The summed E-state index contributed by atoms with van der Waals surface area (Å²) in [5.41, 5.74) is 0. The van der Waals surface area contributed by atoms with Crippen molar-refractivity contribution in [3.05, 3.63) is 9.47 Å². The zero-order chi connectivity index (χ0) is 11.5. The summed E-state index contributed by atoms with van der Waals surface area (Å²) in [5, 5.41) is 11.3. The van der Waals surface area contributed by atoms with Gasteiger partial charge in [0.05, 0.1) is 0 Å². The highest BCUT2D eigenvalue weighted by Crippen LogP contribution is 2.28. The van der Waals surface area contributed by atoms with Gasteiger partial charge in [0, 0.05) is 11.3 Å². The van der Waals surface area contributed by atoms with Crippen LogP contribution in [-0.2, 0) is 0 Å². The first-order valence-electron chi connectivity index (χ1n) is 5.01. The smallest absolute Gasteiger partial charge is 0.282 e. The summed E-state index contributed by atoms with van der Waals surface area (Å²) < 4.78 is 0.304. The first-order chi connectivity index (χ1) is 7.69. The van der Waals surface area contributed by atoms with Crippen LogP contribution in [0, 0.1) is 0 Å². The molecule has 1 saturated carbocycles. The van der Waals surface area contributed by atoms with Gasteiger partial charge in [0.15, 0.2) is 0 Å². The van der Waals surface area contributed by atoms with E-state index in [-0.39, 0.29) is 11.9 Å². The topological polar surface area (TPSA) is 54.9 Å². The van der Waals surface area contributed by atoms with Gasteiger partial charge >= 0.3 is 0 Å². The molecule has 88 valence electrons. The van der Waals surface area contributed by atoms with Gasteiger partial charge in [-0.15, -0.1) is 10.2 Å². The average Bonchev–Trinajstić information content (AvgIpc) is 2.87. The molecule has 0 radical (unpaired) electrons. The number of hydrogen-bond donors (Lipinski definition) is 1. The predicted molar refractivity (Wildman–Crippen MR) is 67.3 cm³/mol. The molecule has 1 heterocycles. The number of carbonyl (C=O) groups is 1. The van der Waals surface area contributed by atoms with Crippen LogP contribution in [0.1, 0.15) is 29.1 Å². The van der Waals surface area contributed by atoms with Gasteiger partial charge < -0.3 is 5.32 Å². The summed E-state index contributed by atoms with van der Waals surface area (Å²) in [6, 6.07) is 0.271. The standard InChI is InChI=1S/C9H12ClN3OS2/c1-15-6-3-2-5(4-6)11-7(14)8-12-13-9(10)16-8/h5-6H,2-4H2,1H3,(H,11,14). The molecule has 1 aromatic rings. The molecule has 1 aliphatic carbocycles. The highest BCUT2D eigenvalue weighted by Gasteiger charge is 2.26. The van der Waals surface area contributed by atoms with Gasteiger partial charge in [-0.05, 0) is 37.1 Å². The van der Waals surface area contributed by atoms with Crippen molar-refractivity contribution >= 4 is 40.6 Å². The minimum Gasteiger partial charge on any atom is -0.347 e. The zero-order valence-corrected chi connectivity index (χ0v) is 11.2. The van der Waals surface area contributed by atoms with Crippen molar-refractivity contribution in [3.8, 4) is 0 Å². The minimum absolute atomic E-state index is 0.156. The Morgan fingerprint density at radius 3 is 2.94 bits per heavy atom. The Morgan fingerprint density at radius 2 is 2.38 bits per heavy atom. The number of carbonyl (C=O) groups excluding carboxylic acids is 1. The maximum atomic E-state index is 11.7. The zero-order valence-electron chi connectivity index (χ0n) is 8.77. The van der Waals surface area contributed by atoms with Crippen LogP contribution in [0.5, 0.6) is 0 Å². The van der Waals surface area contributed by atoms with Gasteiger partial charge in [-0.3, -0.25) is 4.79 Å². The number of thioether (sulfide) groups is 1. The Balaban J connectivity index is 1.89. The van der Waals surface area contributed by atoms with Crippen LogP contribution in [0.4, 0.5) is 0 Å². The van der Waals surface area contributed by atoms with E-state index in [1.807, 2.05) is 11.8 Å². The number of nitrogens with zero attached hydrogens (tertiary/aromatic N) is 2. The Morgan fingerprint density at radius 1 is 1.56 bits per heavy atom. The van der Waals surface area contributed by atoms with Gasteiger partial charge in [0.1, 0.15) is 0 Å². The molecule has 4 nitrogen and oxygen atoms in total. The largest absolute Gasteiger partial charge is 0.347 e. The van der Waals surface area contributed by atoms with Crippen molar-refractivity contribution in [1.82, 2.24) is 15.5 Å². The van der Waals surface area contributed by atoms with E-state index in [4.69, 9.17) is 11.6 Å². The normalized spacial score (nSPS) is 24.6. The minimum atomic E-state index is -0.156. The summed E-state index contributed by atoms with van der Waals surface area (Å²) in [4.78, 5) is 11.7. The van der Waals surface area contributed by atoms with Crippen LogP contribution in [-0.4, -0.2) is 33.7 Å². The molecular weight excluding hydrogens is 266 g/mol. The highest BCUT2D eigenvalue weighted by atomic mass is 35.5. The molecule has 0 aromatic carbocycles. The third kappa shape index (κ3) is 2.87. The Labute approximate surface area is 107 Å². The van der Waals surface area contributed by atoms with E-state index in [1.165, 1.54) is 6.42 Å². The first kappa shape index (κ1) is 12.1. The molecular formula is C9H12ClN3OS2. The molecule has 1 amide bonds. The molecule has 1 aromatic heterocycles. The molecule has 0 aliphatic heterocycles. The quantitative estimate of drug-likeness (QED) is 0.920. The van der Waals surface area contributed by atoms with Crippen LogP contribution < -0.4 is 5.32 Å². The number of amides is 1. The molecule has 16 heavy (non-hydrogen) atoms. The lowest BCUT2D eigenvalue weighted by atomic mass is 10.2. The number of nitrogens with one attached hydrogen (secondary N) is 1. The molecule has 7 heteroatoms. The van der Waals surface area contributed by atoms with Crippen molar-refractivity contribution < 1.29 is 4.79 Å². The van der Waals surface area contributed by atoms with Crippen LogP contribution in [0.3, 0.4) is 0 Å². The van der Waals surface area contributed by atoms with Gasteiger partial charge in [-0.1, -0.05) is 11.3 Å². The van der Waals surface area contributed by atoms with Crippen molar-refractivity contribution in [1.29, 1.82) is 0 Å². The summed E-state index contributed by atoms with van der Waals surface area (Å²) in [6.07, 6.45) is 5.37. The van der Waals surface area contributed by atoms with E-state index in [0.717, 1.165) is 24.2 Å². The molecule has 2 rings (SSSR count). The van der Waals surface area contributed by atoms with E-state index >= 15 is 0 Å². The SMILES string of the molecule is CSC1CCC(NC(=O)c2nnc(Cl)s2)C1. The molecule has 2 unspecified atom stereocenters. The second kappa shape index (κ2) is 5.33. The number of aromatic nitrogens is 2. The van der Waals surface area contributed by atoms with Crippen molar-refractivity contribution in [2.45, 2.75) is 30.6 Å². The molecule has 0 saturated heterocycles. The van der Waals surface area contributed by atoms with E-state index < -0.39 is 0 Å². The second-order valence-electron chi connectivity index (χ2n) is 3.70. The fourth-order valence-corrected chi connectivity index (χ4v) is 3.36. The van der Waals surface area contributed by atoms with Crippen LogP contribution >= 0.6 is 34.7 Å². The molecule has 1 fully saturated rings. The summed E-state index contributed by atoms with van der Waals surface area (Å²) in [6.45, 7) is 0. The van der Waals surface area contributed by atoms with Gasteiger partial charge in [-0.2, -0.15) is 11.8 Å².